The van der Waals surface area contributed by atoms with Crippen LogP contribution in [-0.4, -0.2) is 0 Å². The van der Waals surface area contributed by atoms with Crippen LogP contribution in [0.1, 0.15) is 33.6 Å². The van der Waals surface area contributed by atoms with Crippen molar-refractivity contribution in [3.05, 3.63) is 46.6 Å². The Labute approximate surface area is 86.7 Å². The zero-order chi connectivity index (χ0) is 10.1. The fraction of sp³-hybridized carbons (Fsp3) is 0.429. The summed E-state index contributed by atoms with van der Waals surface area (Å²) in [5, 5.41) is 0. The summed E-state index contributed by atoms with van der Waals surface area (Å²) in [6.45, 7) is 6.71. The van der Waals surface area contributed by atoms with E-state index in [2.05, 4.69) is 45.1 Å². The van der Waals surface area contributed by atoms with Crippen LogP contribution in [0.5, 0.6) is 0 Å². The predicted octanol–water partition coefficient (Wildman–Crippen LogP) is 4.18. The first-order valence-electron chi connectivity index (χ1n) is 5.49. The van der Waals surface area contributed by atoms with Crippen molar-refractivity contribution in [3.8, 4) is 0 Å². The first kappa shape index (κ1) is 9.51. The van der Waals surface area contributed by atoms with E-state index in [0.29, 0.717) is 5.92 Å². The van der Waals surface area contributed by atoms with Gasteiger partial charge in [0, 0.05) is 0 Å². The topological polar surface area (TPSA) is 0 Å². The Bertz CT molecular complexity index is 361. The first-order valence-corrected chi connectivity index (χ1v) is 5.49. The summed E-state index contributed by atoms with van der Waals surface area (Å²) < 4.78 is 0. The summed E-state index contributed by atoms with van der Waals surface area (Å²) in [5.41, 5.74) is 6.04. The van der Waals surface area contributed by atoms with E-state index in [1.165, 1.54) is 29.6 Å². The third kappa shape index (κ3) is 1.61. The summed E-state index contributed by atoms with van der Waals surface area (Å²) >= 11 is 0. The van der Waals surface area contributed by atoms with E-state index >= 15 is 0 Å². The summed E-state index contributed by atoms with van der Waals surface area (Å²) in [4.78, 5) is 0. The van der Waals surface area contributed by atoms with Crippen LogP contribution in [0.25, 0.3) is 0 Å². The van der Waals surface area contributed by atoms with Crippen molar-refractivity contribution in [3.63, 3.8) is 0 Å². The molecule has 2 aliphatic carbocycles. The average Bonchev–Trinajstić information content (AvgIpc) is 2.52. The lowest BCUT2D eigenvalue weighted by Crippen LogP contribution is -1.91. The average molecular weight is 186 g/mol. The summed E-state index contributed by atoms with van der Waals surface area (Å²) in [6, 6.07) is 0. The van der Waals surface area contributed by atoms with Gasteiger partial charge in [0.1, 0.15) is 0 Å². The van der Waals surface area contributed by atoms with Crippen LogP contribution in [0.4, 0.5) is 0 Å². The van der Waals surface area contributed by atoms with Crippen LogP contribution in [0.15, 0.2) is 46.6 Å². The highest BCUT2D eigenvalue weighted by Crippen LogP contribution is 2.35. The predicted molar refractivity (Wildman–Crippen MR) is 62.1 cm³/mol. The van der Waals surface area contributed by atoms with Gasteiger partial charge in [-0.05, 0) is 36.8 Å². The molecule has 0 aromatic heterocycles. The molecule has 2 rings (SSSR count). The molecule has 0 heteroatoms. The van der Waals surface area contributed by atoms with Crippen LogP contribution in [0.2, 0.25) is 0 Å². The highest BCUT2D eigenvalue weighted by atomic mass is 14.2. The maximum absolute atomic E-state index is 2.40. The zero-order valence-corrected chi connectivity index (χ0v) is 9.30. The van der Waals surface area contributed by atoms with Crippen molar-refractivity contribution < 1.29 is 0 Å². The van der Waals surface area contributed by atoms with Crippen molar-refractivity contribution >= 4 is 0 Å². The maximum Gasteiger partial charge on any atom is -0.000439 e. The van der Waals surface area contributed by atoms with Gasteiger partial charge in [0.15, 0.2) is 0 Å². The molecule has 0 aliphatic heterocycles. The van der Waals surface area contributed by atoms with Gasteiger partial charge in [-0.3, -0.25) is 0 Å². The summed E-state index contributed by atoms with van der Waals surface area (Å²) in [6.07, 6.45) is 11.7. The third-order valence-corrected chi connectivity index (χ3v) is 3.14. The molecule has 0 radical (unpaired) electrons. The summed E-state index contributed by atoms with van der Waals surface area (Å²) in [5.74, 6) is 0.586. The molecular formula is C14H18. The molecule has 0 N–H and O–H groups in total. The Morgan fingerprint density at radius 2 is 2.14 bits per heavy atom. The van der Waals surface area contributed by atoms with Crippen LogP contribution in [-0.2, 0) is 0 Å². The molecular weight excluding hydrogens is 168 g/mol. The standard InChI is InChI=1S/C14H18/c1-4-12-8-13-7-10(2)5-6-11(3)14(13)9-12/h5-7,9,11H,4,8H2,1-3H3. The number of allylic oxidation sites excluding steroid dienone is 8. The number of rotatable bonds is 1. The minimum atomic E-state index is 0.586. The van der Waals surface area contributed by atoms with Gasteiger partial charge in [0.05, 0.1) is 0 Å². The highest BCUT2D eigenvalue weighted by Gasteiger charge is 2.18. The molecule has 0 nitrogen and oxygen atoms in total. The van der Waals surface area contributed by atoms with Crippen molar-refractivity contribution in [2.75, 3.05) is 0 Å². The van der Waals surface area contributed by atoms with E-state index in [-0.39, 0.29) is 0 Å². The Kier molecular flexibility index (Phi) is 2.45. The second-order valence-corrected chi connectivity index (χ2v) is 4.35. The third-order valence-electron chi connectivity index (χ3n) is 3.14. The lowest BCUT2D eigenvalue weighted by Gasteiger charge is -2.05. The van der Waals surface area contributed by atoms with Gasteiger partial charge in [0.25, 0.3) is 0 Å². The zero-order valence-electron chi connectivity index (χ0n) is 9.30. The molecule has 0 heterocycles. The lowest BCUT2D eigenvalue weighted by molar-refractivity contribution is 0.887. The van der Waals surface area contributed by atoms with Crippen molar-refractivity contribution in [2.45, 2.75) is 33.6 Å². The minimum absolute atomic E-state index is 0.586. The van der Waals surface area contributed by atoms with Gasteiger partial charge in [0.2, 0.25) is 0 Å². The fourth-order valence-corrected chi connectivity index (χ4v) is 2.22. The van der Waals surface area contributed by atoms with E-state index in [4.69, 9.17) is 0 Å². The van der Waals surface area contributed by atoms with Gasteiger partial charge in [-0.2, -0.15) is 0 Å². The Morgan fingerprint density at radius 3 is 2.86 bits per heavy atom. The molecule has 0 amide bonds. The van der Waals surface area contributed by atoms with Crippen LogP contribution in [0.3, 0.4) is 0 Å². The SMILES string of the molecule is CCC1=CC2=C(C=C(C)C=CC2C)C1. The van der Waals surface area contributed by atoms with E-state index in [0.717, 1.165) is 0 Å². The van der Waals surface area contributed by atoms with Crippen molar-refractivity contribution in [1.29, 1.82) is 0 Å². The molecule has 0 saturated carbocycles. The van der Waals surface area contributed by atoms with Crippen molar-refractivity contribution in [2.24, 2.45) is 5.92 Å². The maximum atomic E-state index is 2.40. The number of hydrogen-bond acceptors (Lipinski definition) is 0. The molecule has 0 saturated heterocycles. The largest absolute Gasteiger partial charge is 0.0770 e. The van der Waals surface area contributed by atoms with E-state index in [9.17, 15) is 0 Å². The quantitative estimate of drug-likeness (QED) is 0.576. The first-order chi connectivity index (χ1) is 6.70. The normalized spacial score (nSPS) is 25.8. The monoisotopic (exact) mass is 186 g/mol. The van der Waals surface area contributed by atoms with Gasteiger partial charge in [-0.1, -0.05) is 49.3 Å². The van der Waals surface area contributed by atoms with Crippen LogP contribution < -0.4 is 0 Å². The smallest absolute Gasteiger partial charge is 0.000439 e. The Hall–Kier alpha value is -1.04. The Balaban J connectivity index is 2.36. The molecule has 0 bridgehead atoms. The van der Waals surface area contributed by atoms with Gasteiger partial charge in [-0.15, -0.1) is 0 Å². The van der Waals surface area contributed by atoms with E-state index in [1.807, 2.05) is 0 Å². The Morgan fingerprint density at radius 1 is 1.36 bits per heavy atom. The molecule has 0 spiro atoms. The van der Waals surface area contributed by atoms with E-state index in [1.54, 1.807) is 5.57 Å². The molecule has 0 aromatic carbocycles. The van der Waals surface area contributed by atoms with Crippen LogP contribution >= 0.6 is 0 Å². The highest BCUT2D eigenvalue weighted by molar-refractivity contribution is 5.50. The van der Waals surface area contributed by atoms with Gasteiger partial charge < -0.3 is 0 Å². The summed E-state index contributed by atoms with van der Waals surface area (Å²) in [7, 11) is 0. The second kappa shape index (κ2) is 3.61. The number of hydrogen-bond donors (Lipinski definition) is 0. The lowest BCUT2D eigenvalue weighted by atomic mass is 9.99. The molecule has 14 heavy (non-hydrogen) atoms. The molecule has 1 unspecified atom stereocenters. The minimum Gasteiger partial charge on any atom is -0.0770 e. The van der Waals surface area contributed by atoms with E-state index < -0.39 is 0 Å². The van der Waals surface area contributed by atoms with Crippen LogP contribution in [0, 0.1) is 5.92 Å². The molecule has 2 aliphatic rings. The molecule has 0 fully saturated rings. The molecule has 0 aromatic rings. The van der Waals surface area contributed by atoms with Crippen molar-refractivity contribution in [1.82, 2.24) is 0 Å². The molecule has 74 valence electrons. The van der Waals surface area contributed by atoms with Gasteiger partial charge in [-0.25, -0.2) is 0 Å². The second-order valence-electron chi connectivity index (χ2n) is 4.35. The van der Waals surface area contributed by atoms with Gasteiger partial charge >= 0.3 is 0 Å². The molecule has 1 atom stereocenters. The fourth-order valence-electron chi connectivity index (χ4n) is 2.22.